The van der Waals surface area contributed by atoms with Crippen LogP contribution < -0.4 is 16.2 Å². The zero-order valence-corrected chi connectivity index (χ0v) is 12.2. The van der Waals surface area contributed by atoms with Crippen LogP contribution in [0.25, 0.3) is 0 Å². The molecule has 0 amide bonds. The lowest BCUT2D eigenvalue weighted by atomic mass is 10.0. The number of nitrogens with two attached hydrogens (primary N) is 2. The quantitative estimate of drug-likeness (QED) is 0.860. The molecule has 4 heteroatoms. The van der Waals surface area contributed by atoms with Crippen LogP contribution in [0.5, 0.6) is 5.75 Å². The first-order valence-corrected chi connectivity index (χ1v) is 6.52. The van der Waals surface area contributed by atoms with E-state index in [1.54, 1.807) is 0 Å². The highest BCUT2D eigenvalue weighted by Crippen LogP contribution is 2.25. The van der Waals surface area contributed by atoms with Crippen LogP contribution in [0.15, 0.2) is 54.6 Å². The van der Waals surface area contributed by atoms with Crippen LogP contribution in [0.4, 0.5) is 0 Å². The van der Waals surface area contributed by atoms with Crippen molar-refractivity contribution in [2.45, 2.75) is 19.1 Å². The molecule has 0 radical (unpaired) electrons. The number of hydrogen-bond acceptors (Lipinski definition) is 3. The van der Waals surface area contributed by atoms with E-state index in [-0.39, 0.29) is 18.4 Å². The van der Waals surface area contributed by atoms with Crippen molar-refractivity contribution in [3.63, 3.8) is 0 Å². The molecule has 0 fully saturated rings. The van der Waals surface area contributed by atoms with Gasteiger partial charge in [0.1, 0.15) is 12.4 Å². The number of hydrogen-bond donors (Lipinski definition) is 2. The van der Waals surface area contributed by atoms with Gasteiger partial charge in [0.2, 0.25) is 0 Å². The largest absolute Gasteiger partial charge is 0.489 e. The zero-order chi connectivity index (χ0) is 13.5. The Labute approximate surface area is 126 Å². The van der Waals surface area contributed by atoms with E-state index in [0.717, 1.165) is 23.3 Å². The average Bonchev–Trinajstić information content (AvgIpc) is 2.47. The fourth-order valence-corrected chi connectivity index (χ4v) is 1.99. The summed E-state index contributed by atoms with van der Waals surface area (Å²) in [4.78, 5) is 0. The highest BCUT2D eigenvalue weighted by atomic mass is 35.5. The second-order valence-electron chi connectivity index (χ2n) is 4.50. The summed E-state index contributed by atoms with van der Waals surface area (Å²) in [5.74, 6) is 0.840. The number of halogens is 1. The molecule has 0 spiro atoms. The summed E-state index contributed by atoms with van der Waals surface area (Å²) in [6, 6.07) is 17.9. The maximum Gasteiger partial charge on any atom is 0.124 e. The van der Waals surface area contributed by atoms with Crippen LogP contribution in [0, 0.1) is 0 Å². The Morgan fingerprint density at radius 3 is 2.30 bits per heavy atom. The lowest BCUT2D eigenvalue weighted by molar-refractivity contribution is 0.300. The molecule has 0 aromatic heterocycles. The van der Waals surface area contributed by atoms with Crippen molar-refractivity contribution in [3.05, 3.63) is 65.7 Å². The fraction of sp³-hybridized carbons (Fsp3) is 0.250. The monoisotopic (exact) mass is 292 g/mol. The van der Waals surface area contributed by atoms with Crippen LogP contribution in [0.1, 0.15) is 23.6 Å². The summed E-state index contributed by atoms with van der Waals surface area (Å²) in [7, 11) is 0. The summed E-state index contributed by atoms with van der Waals surface area (Å²) in [6.07, 6.45) is 0.756. The van der Waals surface area contributed by atoms with Crippen molar-refractivity contribution >= 4 is 12.4 Å². The van der Waals surface area contributed by atoms with Crippen molar-refractivity contribution in [2.75, 3.05) is 6.54 Å². The van der Waals surface area contributed by atoms with Crippen molar-refractivity contribution in [1.82, 2.24) is 0 Å². The predicted molar refractivity (Wildman–Crippen MR) is 85.1 cm³/mol. The summed E-state index contributed by atoms with van der Waals surface area (Å²) in [5.41, 5.74) is 13.8. The van der Waals surface area contributed by atoms with Gasteiger partial charge in [-0.05, 0) is 24.6 Å². The first-order chi connectivity index (χ1) is 9.31. The van der Waals surface area contributed by atoms with Crippen LogP contribution in [-0.4, -0.2) is 6.54 Å². The predicted octanol–water partition coefficient (Wildman–Crippen LogP) is 3.04. The van der Waals surface area contributed by atoms with Crippen molar-refractivity contribution in [3.8, 4) is 5.75 Å². The van der Waals surface area contributed by atoms with Gasteiger partial charge in [-0.25, -0.2) is 0 Å². The maximum absolute atomic E-state index is 6.12. The SMILES string of the molecule is Cl.NCC[C@H](N)c1ccccc1OCc1ccccc1. The molecule has 108 valence electrons. The van der Waals surface area contributed by atoms with Crippen molar-refractivity contribution < 1.29 is 4.74 Å². The highest BCUT2D eigenvalue weighted by molar-refractivity contribution is 5.85. The van der Waals surface area contributed by atoms with Gasteiger partial charge in [0.15, 0.2) is 0 Å². The molecular formula is C16H21ClN2O. The minimum atomic E-state index is -0.0722. The zero-order valence-electron chi connectivity index (χ0n) is 11.4. The second kappa shape index (κ2) is 8.59. The molecule has 0 saturated carbocycles. The van der Waals surface area contributed by atoms with Gasteiger partial charge in [0, 0.05) is 11.6 Å². The maximum atomic E-state index is 6.12. The van der Waals surface area contributed by atoms with Crippen LogP contribution in [0.3, 0.4) is 0 Å². The molecule has 0 aliphatic rings. The lowest BCUT2D eigenvalue weighted by Gasteiger charge is -2.16. The Morgan fingerprint density at radius 1 is 0.950 bits per heavy atom. The third-order valence-electron chi connectivity index (χ3n) is 3.03. The minimum absolute atomic E-state index is 0. The van der Waals surface area contributed by atoms with Crippen LogP contribution in [-0.2, 0) is 6.61 Å². The summed E-state index contributed by atoms with van der Waals surface area (Å²) < 4.78 is 5.87. The minimum Gasteiger partial charge on any atom is -0.489 e. The first kappa shape index (κ1) is 16.5. The molecule has 1 atom stereocenters. The van der Waals surface area contributed by atoms with Crippen LogP contribution >= 0.6 is 12.4 Å². The Hall–Kier alpha value is -1.55. The first-order valence-electron chi connectivity index (χ1n) is 6.52. The third kappa shape index (κ3) is 4.53. The van der Waals surface area contributed by atoms with E-state index in [2.05, 4.69) is 0 Å². The van der Waals surface area contributed by atoms with E-state index in [1.165, 1.54) is 0 Å². The van der Waals surface area contributed by atoms with E-state index in [9.17, 15) is 0 Å². The fourth-order valence-electron chi connectivity index (χ4n) is 1.99. The lowest BCUT2D eigenvalue weighted by Crippen LogP contribution is -2.16. The molecule has 0 bridgehead atoms. The van der Waals surface area contributed by atoms with Gasteiger partial charge in [-0.15, -0.1) is 12.4 Å². The highest BCUT2D eigenvalue weighted by Gasteiger charge is 2.10. The third-order valence-corrected chi connectivity index (χ3v) is 3.03. The summed E-state index contributed by atoms with van der Waals surface area (Å²) >= 11 is 0. The van der Waals surface area contributed by atoms with Gasteiger partial charge in [0.25, 0.3) is 0 Å². The second-order valence-corrected chi connectivity index (χ2v) is 4.50. The van der Waals surface area contributed by atoms with E-state index in [1.807, 2.05) is 54.6 Å². The molecule has 0 aliphatic heterocycles. The molecule has 20 heavy (non-hydrogen) atoms. The number of benzene rings is 2. The van der Waals surface area contributed by atoms with E-state index < -0.39 is 0 Å². The Bertz CT molecular complexity index is 505. The van der Waals surface area contributed by atoms with E-state index in [0.29, 0.717) is 13.2 Å². The van der Waals surface area contributed by atoms with Crippen molar-refractivity contribution in [2.24, 2.45) is 11.5 Å². The van der Waals surface area contributed by atoms with Crippen molar-refractivity contribution in [1.29, 1.82) is 0 Å². The van der Waals surface area contributed by atoms with Gasteiger partial charge in [0.05, 0.1) is 0 Å². The van der Waals surface area contributed by atoms with Gasteiger partial charge >= 0.3 is 0 Å². The van der Waals surface area contributed by atoms with Gasteiger partial charge in [-0.3, -0.25) is 0 Å². The molecule has 0 unspecified atom stereocenters. The standard InChI is InChI=1S/C16H20N2O.ClH/c17-11-10-15(18)14-8-4-5-9-16(14)19-12-13-6-2-1-3-7-13;/h1-9,15H,10-12,17-18H2;1H/t15-;/m0./s1. The molecule has 2 aromatic rings. The summed E-state index contributed by atoms with van der Waals surface area (Å²) in [6.45, 7) is 1.13. The Balaban J connectivity index is 0.00000200. The van der Waals surface area contributed by atoms with Gasteiger partial charge < -0.3 is 16.2 Å². The van der Waals surface area contributed by atoms with Gasteiger partial charge in [-0.2, -0.15) is 0 Å². The van der Waals surface area contributed by atoms with Crippen LogP contribution in [0.2, 0.25) is 0 Å². The topological polar surface area (TPSA) is 61.3 Å². The molecule has 0 heterocycles. The normalized spacial score (nSPS) is 11.5. The Morgan fingerprint density at radius 2 is 1.60 bits per heavy atom. The number of rotatable bonds is 6. The van der Waals surface area contributed by atoms with Gasteiger partial charge in [-0.1, -0.05) is 48.5 Å². The molecule has 2 aromatic carbocycles. The molecule has 2 rings (SSSR count). The molecule has 3 nitrogen and oxygen atoms in total. The molecule has 4 N–H and O–H groups in total. The Kier molecular flexibility index (Phi) is 7.09. The number of para-hydroxylation sites is 1. The number of ether oxygens (including phenoxy) is 1. The smallest absolute Gasteiger partial charge is 0.124 e. The summed E-state index contributed by atoms with van der Waals surface area (Å²) in [5, 5.41) is 0. The average molecular weight is 293 g/mol. The molecule has 0 saturated heterocycles. The van der Waals surface area contributed by atoms with E-state index >= 15 is 0 Å². The van der Waals surface area contributed by atoms with E-state index in [4.69, 9.17) is 16.2 Å². The molecular weight excluding hydrogens is 272 g/mol. The molecule has 0 aliphatic carbocycles.